The summed E-state index contributed by atoms with van der Waals surface area (Å²) in [4.78, 5) is 4.93. The lowest BCUT2D eigenvalue weighted by Crippen LogP contribution is -2.46. The van der Waals surface area contributed by atoms with Gasteiger partial charge in [0.15, 0.2) is 0 Å². The molecule has 1 heterocycles. The van der Waals surface area contributed by atoms with Crippen LogP contribution in [-0.2, 0) is 0 Å². The number of nitrogens with zero attached hydrogens (tertiary/aromatic N) is 2. The predicted molar refractivity (Wildman–Crippen MR) is 70.3 cm³/mol. The topological polar surface area (TPSA) is 6.48 Å². The summed E-state index contributed by atoms with van der Waals surface area (Å²) in [6, 6.07) is 0. The van der Waals surface area contributed by atoms with Crippen molar-refractivity contribution in [1.29, 1.82) is 0 Å². The normalized spacial score (nSPS) is 18.3. The maximum absolute atomic E-state index is 5.71. The Morgan fingerprint density at radius 2 is 1.67 bits per heavy atom. The molecule has 0 aliphatic carbocycles. The molecule has 1 fully saturated rings. The van der Waals surface area contributed by atoms with Gasteiger partial charge in [-0.1, -0.05) is 11.6 Å². The van der Waals surface area contributed by atoms with Gasteiger partial charge >= 0.3 is 0 Å². The van der Waals surface area contributed by atoms with Gasteiger partial charge in [-0.2, -0.15) is 0 Å². The zero-order chi connectivity index (χ0) is 10.4. The van der Waals surface area contributed by atoms with Crippen LogP contribution < -0.4 is 0 Å². The third-order valence-electron chi connectivity index (χ3n) is 2.62. The van der Waals surface area contributed by atoms with Crippen LogP contribution in [0.5, 0.6) is 0 Å². The molecule has 1 saturated heterocycles. The molecule has 1 aliphatic heterocycles. The SMILES string of the molecule is CC(C)=CCN1CCN(CCCl)CC1.Cl. The number of piperazine rings is 1. The molecule has 0 aromatic heterocycles. The fraction of sp³-hybridized carbons (Fsp3) is 0.818. The minimum Gasteiger partial charge on any atom is -0.300 e. The minimum atomic E-state index is 0. The molecule has 0 spiro atoms. The molecule has 0 bridgehead atoms. The molecule has 1 rings (SSSR count). The van der Waals surface area contributed by atoms with Crippen molar-refractivity contribution in [2.75, 3.05) is 45.1 Å². The van der Waals surface area contributed by atoms with Crippen LogP contribution in [-0.4, -0.2) is 54.9 Å². The summed E-state index contributed by atoms with van der Waals surface area (Å²) in [6.45, 7) is 11.2. The molecule has 0 amide bonds. The molecule has 0 radical (unpaired) electrons. The summed E-state index contributed by atoms with van der Waals surface area (Å²) in [6.07, 6.45) is 2.30. The molecule has 0 saturated carbocycles. The van der Waals surface area contributed by atoms with E-state index in [0.29, 0.717) is 0 Å². The van der Waals surface area contributed by atoms with Crippen molar-refractivity contribution in [3.05, 3.63) is 11.6 Å². The van der Waals surface area contributed by atoms with Crippen LogP contribution in [0.4, 0.5) is 0 Å². The zero-order valence-electron chi connectivity index (χ0n) is 9.71. The first-order valence-corrected chi connectivity index (χ1v) is 5.90. The maximum atomic E-state index is 5.71. The molecule has 4 heteroatoms. The van der Waals surface area contributed by atoms with Crippen LogP contribution in [0.1, 0.15) is 13.8 Å². The van der Waals surface area contributed by atoms with Crippen LogP contribution >= 0.6 is 24.0 Å². The van der Waals surface area contributed by atoms with E-state index in [-0.39, 0.29) is 12.4 Å². The van der Waals surface area contributed by atoms with E-state index in [4.69, 9.17) is 11.6 Å². The van der Waals surface area contributed by atoms with Crippen LogP contribution in [0.15, 0.2) is 11.6 Å². The van der Waals surface area contributed by atoms with Crippen LogP contribution in [0.25, 0.3) is 0 Å². The molecule has 0 unspecified atom stereocenters. The molecule has 0 aromatic carbocycles. The quantitative estimate of drug-likeness (QED) is 0.560. The van der Waals surface area contributed by atoms with Gasteiger partial charge in [0.1, 0.15) is 0 Å². The van der Waals surface area contributed by atoms with E-state index in [1.54, 1.807) is 0 Å². The first kappa shape index (κ1) is 15.2. The predicted octanol–water partition coefficient (Wildman–Crippen LogP) is 2.23. The third kappa shape index (κ3) is 6.41. The Hall–Kier alpha value is 0.240. The molecule has 0 atom stereocenters. The van der Waals surface area contributed by atoms with E-state index in [1.807, 2.05) is 0 Å². The Morgan fingerprint density at radius 3 is 2.13 bits per heavy atom. The Labute approximate surface area is 105 Å². The minimum absolute atomic E-state index is 0. The summed E-state index contributed by atoms with van der Waals surface area (Å²) in [5.41, 5.74) is 1.41. The van der Waals surface area contributed by atoms with Gasteiger partial charge in [-0.15, -0.1) is 24.0 Å². The number of halogens is 2. The third-order valence-corrected chi connectivity index (χ3v) is 2.79. The Morgan fingerprint density at radius 1 is 1.13 bits per heavy atom. The molecule has 15 heavy (non-hydrogen) atoms. The second-order valence-corrected chi connectivity index (χ2v) is 4.49. The molecular weight excluding hydrogens is 231 g/mol. The van der Waals surface area contributed by atoms with Gasteiger partial charge in [-0.05, 0) is 13.8 Å². The molecule has 0 N–H and O–H groups in total. The van der Waals surface area contributed by atoms with Crippen molar-refractivity contribution >= 4 is 24.0 Å². The number of alkyl halides is 1. The van der Waals surface area contributed by atoms with Gasteiger partial charge in [0.25, 0.3) is 0 Å². The second-order valence-electron chi connectivity index (χ2n) is 4.11. The number of hydrogen-bond acceptors (Lipinski definition) is 2. The largest absolute Gasteiger partial charge is 0.300 e. The van der Waals surface area contributed by atoms with E-state index in [1.165, 1.54) is 31.8 Å². The van der Waals surface area contributed by atoms with E-state index in [2.05, 4.69) is 29.7 Å². The van der Waals surface area contributed by atoms with Crippen LogP contribution in [0.3, 0.4) is 0 Å². The Bertz CT molecular complexity index is 183. The summed E-state index contributed by atoms with van der Waals surface area (Å²) >= 11 is 5.71. The van der Waals surface area contributed by atoms with Crippen molar-refractivity contribution in [2.45, 2.75) is 13.8 Å². The second kappa shape index (κ2) is 8.40. The number of hydrogen-bond donors (Lipinski definition) is 0. The highest BCUT2D eigenvalue weighted by atomic mass is 35.5. The van der Waals surface area contributed by atoms with Gasteiger partial charge in [0, 0.05) is 45.1 Å². The highest BCUT2D eigenvalue weighted by Crippen LogP contribution is 2.02. The zero-order valence-corrected chi connectivity index (χ0v) is 11.3. The van der Waals surface area contributed by atoms with Gasteiger partial charge in [0.05, 0.1) is 0 Å². The highest BCUT2D eigenvalue weighted by Gasteiger charge is 2.14. The number of rotatable bonds is 4. The van der Waals surface area contributed by atoms with Crippen molar-refractivity contribution in [3.63, 3.8) is 0 Å². The fourth-order valence-electron chi connectivity index (χ4n) is 1.63. The van der Waals surface area contributed by atoms with E-state index in [9.17, 15) is 0 Å². The van der Waals surface area contributed by atoms with Gasteiger partial charge < -0.3 is 0 Å². The molecule has 2 nitrogen and oxygen atoms in total. The van der Waals surface area contributed by atoms with Crippen LogP contribution in [0.2, 0.25) is 0 Å². The number of allylic oxidation sites excluding steroid dienone is 1. The fourth-order valence-corrected chi connectivity index (χ4v) is 1.87. The molecule has 0 aromatic rings. The smallest absolute Gasteiger partial charge is 0.0351 e. The van der Waals surface area contributed by atoms with Gasteiger partial charge in [-0.25, -0.2) is 0 Å². The first-order valence-electron chi connectivity index (χ1n) is 5.36. The molecular formula is C11H22Cl2N2. The summed E-state index contributed by atoms with van der Waals surface area (Å²) in [5.74, 6) is 0.758. The van der Waals surface area contributed by atoms with Gasteiger partial charge in [-0.3, -0.25) is 9.80 Å². The van der Waals surface area contributed by atoms with E-state index >= 15 is 0 Å². The van der Waals surface area contributed by atoms with Crippen molar-refractivity contribution in [3.8, 4) is 0 Å². The average molecular weight is 253 g/mol. The summed E-state index contributed by atoms with van der Waals surface area (Å²) in [5, 5.41) is 0. The van der Waals surface area contributed by atoms with E-state index < -0.39 is 0 Å². The maximum Gasteiger partial charge on any atom is 0.0351 e. The Kier molecular flexibility index (Phi) is 8.53. The monoisotopic (exact) mass is 252 g/mol. The average Bonchev–Trinajstić information content (AvgIpc) is 2.17. The van der Waals surface area contributed by atoms with E-state index in [0.717, 1.165) is 19.0 Å². The van der Waals surface area contributed by atoms with Gasteiger partial charge in [0.2, 0.25) is 0 Å². The molecule has 1 aliphatic rings. The first-order chi connectivity index (χ1) is 6.72. The standard InChI is InChI=1S/C11H21ClN2.ClH/c1-11(2)3-5-13-7-9-14(6-4-12)10-8-13;/h3H,4-10H2,1-2H3;1H. The lowest BCUT2D eigenvalue weighted by molar-refractivity contribution is 0.148. The lowest BCUT2D eigenvalue weighted by Gasteiger charge is -2.33. The molecule has 90 valence electrons. The lowest BCUT2D eigenvalue weighted by atomic mass is 10.2. The summed E-state index contributed by atoms with van der Waals surface area (Å²) < 4.78 is 0. The van der Waals surface area contributed by atoms with Crippen molar-refractivity contribution < 1.29 is 0 Å². The van der Waals surface area contributed by atoms with Crippen LogP contribution in [0, 0.1) is 0 Å². The van der Waals surface area contributed by atoms with Crippen molar-refractivity contribution in [2.24, 2.45) is 0 Å². The van der Waals surface area contributed by atoms with Crippen molar-refractivity contribution in [1.82, 2.24) is 9.80 Å². The summed E-state index contributed by atoms with van der Waals surface area (Å²) in [7, 11) is 0. The Balaban J connectivity index is 0.00000196. The highest BCUT2D eigenvalue weighted by molar-refractivity contribution is 6.18.